The Bertz CT molecular complexity index is 385. The van der Waals surface area contributed by atoms with Gasteiger partial charge in [0.05, 0.1) is 6.61 Å². The van der Waals surface area contributed by atoms with Crippen LogP contribution >= 0.6 is 15.9 Å². The number of benzene rings is 1. The maximum Gasteiger partial charge on any atom is 0.220 e. The third kappa shape index (κ3) is 7.85. The van der Waals surface area contributed by atoms with Crippen LogP contribution in [0.4, 0.5) is 0 Å². The van der Waals surface area contributed by atoms with Gasteiger partial charge in [-0.1, -0.05) is 22.0 Å². The minimum absolute atomic E-state index is 0.0916. The van der Waals surface area contributed by atoms with Crippen LogP contribution in [0.2, 0.25) is 0 Å². The molecule has 19 heavy (non-hydrogen) atoms. The molecule has 0 aromatic heterocycles. The van der Waals surface area contributed by atoms with E-state index < -0.39 is 0 Å². The van der Waals surface area contributed by atoms with E-state index in [-0.39, 0.29) is 5.91 Å². The van der Waals surface area contributed by atoms with Crippen LogP contribution in [0.1, 0.15) is 19.3 Å². The second kappa shape index (κ2) is 9.81. The zero-order valence-electron chi connectivity index (χ0n) is 11.2. The molecule has 0 saturated carbocycles. The van der Waals surface area contributed by atoms with E-state index in [4.69, 9.17) is 4.74 Å². The number of hydrogen-bond donors (Lipinski definition) is 2. The first kappa shape index (κ1) is 16.0. The molecule has 2 N–H and O–H groups in total. The quantitative estimate of drug-likeness (QED) is 0.684. The van der Waals surface area contributed by atoms with Crippen molar-refractivity contribution in [2.45, 2.75) is 19.3 Å². The lowest BCUT2D eigenvalue weighted by Crippen LogP contribution is -2.26. The second-order valence-electron chi connectivity index (χ2n) is 4.22. The molecule has 1 aromatic rings. The summed E-state index contributed by atoms with van der Waals surface area (Å²) in [5.41, 5.74) is 0. The highest BCUT2D eigenvalue weighted by molar-refractivity contribution is 9.10. The van der Waals surface area contributed by atoms with E-state index in [2.05, 4.69) is 26.6 Å². The second-order valence-corrected chi connectivity index (χ2v) is 5.13. The van der Waals surface area contributed by atoms with E-state index in [9.17, 15) is 4.79 Å². The molecule has 5 heteroatoms. The van der Waals surface area contributed by atoms with E-state index in [0.717, 1.165) is 36.2 Å². The molecule has 106 valence electrons. The van der Waals surface area contributed by atoms with E-state index >= 15 is 0 Å². The van der Waals surface area contributed by atoms with Gasteiger partial charge in [-0.25, -0.2) is 0 Å². The molecule has 1 rings (SSSR count). The predicted molar refractivity (Wildman–Crippen MR) is 80.4 cm³/mol. The Morgan fingerprint density at radius 2 is 2.16 bits per heavy atom. The molecule has 0 heterocycles. The van der Waals surface area contributed by atoms with Gasteiger partial charge < -0.3 is 15.4 Å². The first-order valence-electron chi connectivity index (χ1n) is 6.52. The van der Waals surface area contributed by atoms with Gasteiger partial charge in [-0.2, -0.15) is 0 Å². The SMILES string of the molecule is CNCCCNC(=O)CCCOc1cccc(Br)c1. The Labute approximate surface area is 123 Å². The van der Waals surface area contributed by atoms with Gasteiger partial charge in [-0.15, -0.1) is 0 Å². The maximum absolute atomic E-state index is 11.5. The molecule has 0 saturated heterocycles. The minimum Gasteiger partial charge on any atom is -0.494 e. The molecule has 0 bridgehead atoms. The van der Waals surface area contributed by atoms with Crippen molar-refractivity contribution in [2.24, 2.45) is 0 Å². The van der Waals surface area contributed by atoms with Crippen molar-refractivity contribution in [3.8, 4) is 5.75 Å². The molecular weight excluding hydrogens is 308 g/mol. The van der Waals surface area contributed by atoms with E-state index in [1.807, 2.05) is 31.3 Å². The average molecular weight is 329 g/mol. The summed E-state index contributed by atoms with van der Waals surface area (Å²) in [6.07, 6.45) is 2.19. The number of rotatable bonds is 9. The van der Waals surface area contributed by atoms with E-state index in [0.29, 0.717) is 13.0 Å². The molecule has 0 aliphatic heterocycles. The van der Waals surface area contributed by atoms with Gasteiger partial charge in [0.1, 0.15) is 5.75 Å². The van der Waals surface area contributed by atoms with Crippen molar-refractivity contribution in [1.82, 2.24) is 10.6 Å². The molecule has 0 aliphatic carbocycles. The van der Waals surface area contributed by atoms with Crippen molar-refractivity contribution in [3.05, 3.63) is 28.7 Å². The summed E-state index contributed by atoms with van der Waals surface area (Å²) in [4.78, 5) is 11.5. The predicted octanol–water partition coefficient (Wildman–Crippen LogP) is 2.33. The number of amides is 1. The molecule has 1 amide bonds. The summed E-state index contributed by atoms with van der Waals surface area (Å²) < 4.78 is 6.55. The Hall–Kier alpha value is -1.07. The Morgan fingerprint density at radius 1 is 1.32 bits per heavy atom. The summed E-state index contributed by atoms with van der Waals surface area (Å²) in [5.74, 6) is 0.915. The summed E-state index contributed by atoms with van der Waals surface area (Å²) in [6, 6.07) is 7.69. The van der Waals surface area contributed by atoms with Gasteiger partial charge >= 0.3 is 0 Å². The number of nitrogens with one attached hydrogen (secondary N) is 2. The highest BCUT2D eigenvalue weighted by Gasteiger charge is 2.01. The van der Waals surface area contributed by atoms with Crippen molar-refractivity contribution in [1.29, 1.82) is 0 Å². The van der Waals surface area contributed by atoms with Crippen LogP contribution in [0, 0.1) is 0 Å². The minimum atomic E-state index is 0.0916. The molecule has 0 fully saturated rings. The van der Waals surface area contributed by atoms with E-state index in [1.165, 1.54) is 0 Å². The number of halogens is 1. The molecule has 0 spiro atoms. The van der Waals surface area contributed by atoms with Crippen LogP contribution in [0.5, 0.6) is 5.75 Å². The molecule has 0 aliphatic rings. The van der Waals surface area contributed by atoms with Gasteiger partial charge in [0.15, 0.2) is 0 Å². The molecule has 4 nitrogen and oxygen atoms in total. The number of ether oxygens (including phenoxy) is 1. The fourth-order valence-corrected chi connectivity index (χ4v) is 1.94. The van der Waals surface area contributed by atoms with Crippen LogP contribution in [-0.4, -0.2) is 32.7 Å². The summed E-state index contributed by atoms with van der Waals surface area (Å²) in [7, 11) is 1.90. The first-order chi connectivity index (χ1) is 9.22. The first-order valence-corrected chi connectivity index (χ1v) is 7.31. The summed E-state index contributed by atoms with van der Waals surface area (Å²) in [6.45, 7) is 2.21. The fourth-order valence-electron chi connectivity index (χ4n) is 1.56. The normalized spacial score (nSPS) is 10.2. The Kier molecular flexibility index (Phi) is 8.25. The van der Waals surface area contributed by atoms with Gasteiger partial charge in [-0.3, -0.25) is 4.79 Å². The van der Waals surface area contributed by atoms with Crippen molar-refractivity contribution in [3.63, 3.8) is 0 Å². The van der Waals surface area contributed by atoms with Crippen molar-refractivity contribution in [2.75, 3.05) is 26.7 Å². The fraction of sp³-hybridized carbons (Fsp3) is 0.500. The number of carbonyl (C=O) groups excluding carboxylic acids is 1. The number of hydrogen-bond acceptors (Lipinski definition) is 3. The zero-order valence-corrected chi connectivity index (χ0v) is 12.8. The third-order valence-electron chi connectivity index (χ3n) is 2.54. The van der Waals surface area contributed by atoms with Crippen molar-refractivity contribution < 1.29 is 9.53 Å². The zero-order chi connectivity index (χ0) is 13.9. The monoisotopic (exact) mass is 328 g/mol. The molecule has 0 unspecified atom stereocenters. The largest absolute Gasteiger partial charge is 0.494 e. The molecule has 0 atom stereocenters. The van der Waals surface area contributed by atoms with Gasteiger partial charge in [0.25, 0.3) is 0 Å². The lowest BCUT2D eigenvalue weighted by atomic mass is 10.3. The smallest absolute Gasteiger partial charge is 0.220 e. The highest BCUT2D eigenvalue weighted by Crippen LogP contribution is 2.17. The number of carbonyl (C=O) groups is 1. The molecule has 0 radical (unpaired) electrons. The van der Waals surface area contributed by atoms with Crippen LogP contribution in [0.3, 0.4) is 0 Å². The lowest BCUT2D eigenvalue weighted by molar-refractivity contribution is -0.121. The molecule has 1 aromatic carbocycles. The lowest BCUT2D eigenvalue weighted by Gasteiger charge is -2.07. The van der Waals surface area contributed by atoms with Crippen LogP contribution in [0.25, 0.3) is 0 Å². The Morgan fingerprint density at radius 3 is 2.89 bits per heavy atom. The topological polar surface area (TPSA) is 50.4 Å². The third-order valence-corrected chi connectivity index (χ3v) is 3.03. The van der Waals surface area contributed by atoms with Gasteiger partial charge in [0, 0.05) is 17.4 Å². The average Bonchev–Trinajstić information content (AvgIpc) is 2.40. The maximum atomic E-state index is 11.5. The van der Waals surface area contributed by atoms with Gasteiger partial charge in [-0.05, 0) is 44.6 Å². The van der Waals surface area contributed by atoms with Crippen LogP contribution < -0.4 is 15.4 Å². The van der Waals surface area contributed by atoms with Crippen LogP contribution in [-0.2, 0) is 4.79 Å². The van der Waals surface area contributed by atoms with Crippen molar-refractivity contribution >= 4 is 21.8 Å². The Balaban J connectivity index is 2.05. The van der Waals surface area contributed by atoms with Gasteiger partial charge in [0.2, 0.25) is 5.91 Å². The standard InChI is InChI=1S/C14H21BrN2O2/c1-16-8-4-9-17-14(18)7-3-10-19-13-6-2-5-12(15)11-13/h2,5-6,11,16H,3-4,7-10H2,1H3,(H,17,18). The summed E-state index contributed by atoms with van der Waals surface area (Å²) in [5, 5.41) is 5.92. The van der Waals surface area contributed by atoms with Crippen LogP contribution in [0.15, 0.2) is 28.7 Å². The highest BCUT2D eigenvalue weighted by atomic mass is 79.9. The molecular formula is C14H21BrN2O2. The summed E-state index contributed by atoms with van der Waals surface area (Å²) >= 11 is 3.39. The van der Waals surface area contributed by atoms with E-state index in [1.54, 1.807) is 0 Å².